The van der Waals surface area contributed by atoms with Crippen molar-refractivity contribution >= 4 is 11.9 Å². The van der Waals surface area contributed by atoms with Crippen LogP contribution in [0.4, 0.5) is 0 Å². The summed E-state index contributed by atoms with van der Waals surface area (Å²) in [7, 11) is 0. The quantitative estimate of drug-likeness (QED) is 0.545. The minimum atomic E-state index is -0.915. The van der Waals surface area contributed by atoms with Crippen molar-refractivity contribution in [2.45, 2.75) is 45.2 Å². The monoisotopic (exact) mass is 202 g/mol. The molecule has 0 rings (SSSR count). The zero-order valence-electron chi connectivity index (χ0n) is 8.62. The first kappa shape index (κ1) is 12.9. The molecule has 0 heterocycles. The minimum absolute atomic E-state index is 0.0446. The van der Waals surface area contributed by atoms with E-state index in [0.717, 1.165) is 6.42 Å². The molecule has 0 aromatic heterocycles. The number of rotatable bonds is 7. The number of carboxylic acid groups (broad SMARTS) is 1. The lowest BCUT2D eigenvalue weighted by molar-refractivity contribution is -0.137. The third-order valence-electron chi connectivity index (χ3n) is 2.09. The number of carboxylic acids is 1. The lowest BCUT2D eigenvalue weighted by atomic mass is 10.1. The van der Waals surface area contributed by atoms with Gasteiger partial charge in [0.1, 0.15) is 0 Å². The van der Waals surface area contributed by atoms with Crippen molar-refractivity contribution in [2.24, 2.45) is 5.73 Å². The molecule has 0 aliphatic rings. The number of aliphatic carboxylic acids is 1. The van der Waals surface area contributed by atoms with Gasteiger partial charge in [-0.2, -0.15) is 0 Å². The topological polar surface area (TPSA) is 92.4 Å². The molecule has 0 aromatic rings. The molecular weight excluding hydrogens is 184 g/mol. The molecule has 0 aliphatic carbocycles. The van der Waals surface area contributed by atoms with Crippen LogP contribution in [0.3, 0.4) is 0 Å². The van der Waals surface area contributed by atoms with Gasteiger partial charge < -0.3 is 16.2 Å². The molecule has 0 aliphatic heterocycles. The maximum atomic E-state index is 10.9. The van der Waals surface area contributed by atoms with E-state index in [2.05, 4.69) is 5.32 Å². The van der Waals surface area contributed by atoms with Gasteiger partial charge in [0, 0.05) is 12.5 Å². The first-order chi connectivity index (χ1) is 6.47. The number of nitrogens with one attached hydrogen (secondary N) is 1. The predicted octanol–water partition coefficient (Wildman–Crippen LogP) is 0.0932. The summed E-state index contributed by atoms with van der Waals surface area (Å²) in [5.74, 6) is -1.41. The molecule has 0 bridgehead atoms. The van der Waals surface area contributed by atoms with Crippen molar-refractivity contribution in [3.63, 3.8) is 0 Å². The van der Waals surface area contributed by atoms with Crippen molar-refractivity contribution in [2.75, 3.05) is 0 Å². The van der Waals surface area contributed by atoms with Gasteiger partial charge in [0.15, 0.2) is 0 Å². The van der Waals surface area contributed by atoms with E-state index in [0.29, 0.717) is 0 Å². The van der Waals surface area contributed by atoms with Crippen LogP contribution in [0.25, 0.3) is 0 Å². The van der Waals surface area contributed by atoms with Gasteiger partial charge in [-0.1, -0.05) is 6.92 Å². The molecular formula is C9H18N2O3. The highest BCUT2D eigenvalue weighted by molar-refractivity contribution is 5.80. The second-order valence-corrected chi connectivity index (χ2v) is 3.36. The zero-order valence-corrected chi connectivity index (χ0v) is 8.62. The highest BCUT2D eigenvalue weighted by atomic mass is 16.4. The molecule has 0 aromatic carbocycles. The molecule has 0 saturated heterocycles. The predicted molar refractivity (Wildman–Crippen MR) is 52.7 cm³/mol. The average Bonchev–Trinajstić information content (AvgIpc) is 2.10. The Balaban J connectivity index is 4.02. The first-order valence-electron chi connectivity index (χ1n) is 4.74. The Hall–Kier alpha value is -1.10. The van der Waals surface area contributed by atoms with E-state index in [1.54, 1.807) is 0 Å². The summed E-state index contributed by atoms with van der Waals surface area (Å²) in [5, 5.41) is 11.4. The molecule has 0 radical (unpaired) electrons. The summed E-state index contributed by atoms with van der Waals surface area (Å²) in [5.41, 5.74) is 5.13. The summed E-state index contributed by atoms with van der Waals surface area (Å²) < 4.78 is 0. The molecule has 0 spiro atoms. The molecule has 4 N–H and O–H groups in total. The third kappa shape index (κ3) is 5.53. The van der Waals surface area contributed by atoms with Crippen LogP contribution in [-0.4, -0.2) is 29.1 Å². The fourth-order valence-corrected chi connectivity index (χ4v) is 1.04. The molecule has 0 fully saturated rings. The van der Waals surface area contributed by atoms with Crippen LogP contribution in [-0.2, 0) is 9.59 Å². The average molecular weight is 202 g/mol. The van der Waals surface area contributed by atoms with E-state index in [-0.39, 0.29) is 18.9 Å². The van der Waals surface area contributed by atoms with Crippen LogP contribution in [0.15, 0.2) is 0 Å². The Morgan fingerprint density at radius 2 is 2.07 bits per heavy atom. The SMILES string of the molecule is CCC(C)N[C@@H](CCC(=O)O)C(N)=O. The Morgan fingerprint density at radius 1 is 1.50 bits per heavy atom. The number of nitrogens with two attached hydrogens (primary N) is 1. The molecule has 5 nitrogen and oxygen atoms in total. The molecule has 5 heteroatoms. The van der Waals surface area contributed by atoms with Crippen LogP contribution < -0.4 is 11.1 Å². The van der Waals surface area contributed by atoms with Crippen LogP contribution in [0, 0.1) is 0 Å². The van der Waals surface area contributed by atoms with Crippen LogP contribution in [0.2, 0.25) is 0 Å². The summed E-state index contributed by atoms with van der Waals surface area (Å²) in [6.45, 7) is 3.91. The van der Waals surface area contributed by atoms with Crippen LogP contribution in [0.5, 0.6) is 0 Å². The fourth-order valence-electron chi connectivity index (χ4n) is 1.04. The summed E-state index contributed by atoms with van der Waals surface area (Å²) in [4.78, 5) is 21.2. The number of carbonyl (C=O) groups is 2. The van der Waals surface area contributed by atoms with E-state index in [1.165, 1.54) is 0 Å². The van der Waals surface area contributed by atoms with Gasteiger partial charge in [-0.05, 0) is 19.8 Å². The lowest BCUT2D eigenvalue weighted by Gasteiger charge is -2.18. The summed E-state index contributed by atoms with van der Waals surface area (Å²) in [6.07, 6.45) is 1.07. The standard InChI is InChI=1S/C9H18N2O3/c1-3-6(2)11-7(9(10)14)4-5-8(12)13/h6-7,11H,3-5H2,1-2H3,(H2,10,14)(H,12,13)/t6?,7-/m0/s1. The van der Waals surface area contributed by atoms with Crippen molar-refractivity contribution in [3.05, 3.63) is 0 Å². The minimum Gasteiger partial charge on any atom is -0.481 e. The smallest absolute Gasteiger partial charge is 0.303 e. The van der Waals surface area contributed by atoms with Crippen LogP contribution >= 0.6 is 0 Å². The molecule has 14 heavy (non-hydrogen) atoms. The number of primary amides is 1. The Bertz CT molecular complexity index is 206. The van der Waals surface area contributed by atoms with E-state index >= 15 is 0 Å². The number of amides is 1. The Labute approximate surface area is 83.7 Å². The molecule has 1 amide bonds. The molecule has 0 saturated carbocycles. The van der Waals surface area contributed by atoms with Gasteiger partial charge >= 0.3 is 5.97 Å². The summed E-state index contributed by atoms with van der Waals surface area (Å²) in [6, 6.07) is -0.373. The molecule has 82 valence electrons. The van der Waals surface area contributed by atoms with E-state index in [1.807, 2.05) is 13.8 Å². The highest BCUT2D eigenvalue weighted by Crippen LogP contribution is 2.00. The number of hydrogen-bond acceptors (Lipinski definition) is 3. The Kier molecular flexibility index (Phi) is 5.87. The van der Waals surface area contributed by atoms with E-state index in [4.69, 9.17) is 10.8 Å². The van der Waals surface area contributed by atoms with Crippen molar-refractivity contribution in [1.82, 2.24) is 5.32 Å². The second kappa shape index (κ2) is 6.37. The second-order valence-electron chi connectivity index (χ2n) is 3.36. The normalized spacial score (nSPS) is 14.7. The van der Waals surface area contributed by atoms with Gasteiger partial charge in [-0.15, -0.1) is 0 Å². The van der Waals surface area contributed by atoms with Crippen LogP contribution in [0.1, 0.15) is 33.1 Å². The maximum absolute atomic E-state index is 10.9. The van der Waals surface area contributed by atoms with Gasteiger partial charge in [0.25, 0.3) is 0 Å². The van der Waals surface area contributed by atoms with Gasteiger partial charge in [-0.25, -0.2) is 0 Å². The maximum Gasteiger partial charge on any atom is 0.303 e. The van der Waals surface area contributed by atoms with Crippen molar-refractivity contribution < 1.29 is 14.7 Å². The van der Waals surface area contributed by atoms with Gasteiger partial charge in [0.2, 0.25) is 5.91 Å². The largest absolute Gasteiger partial charge is 0.481 e. The highest BCUT2D eigenvalue weighted by Gasteiger charge is 2.17. The lowest BCUT2D eigenvalue weighted by Crippen LogP contribution is -2.45. The number of hydrogen-bond donors (Lipinski definition) is 3. The first-order valence-corrected chi connectivity index (χ1v) is 4.74. The van der Waals surface area contributed by atoms with E-state index < -0.39 is 17.9 Å². The number of carbonyl (C=O) groups excluding carboxylic acids is 1. The fraction of sp³-hybridized carbons (Fsp3) is 0.778. The Morgan fingerprint density at radius 3 is 2.43 bits per heavy atom. The van der Waals surface area contributed by atoms with Crippen molar-refractivity contribution in [3.8, 4) is 0 Å². The van der Waals surface area contributed by atoms with Crippen molar-refractivity contribution in [1.29, 1.82) is 0 Å². The van der Waals surface area contributed by atoms with Gasteiger partial charge in [0.05, 0.1) is 6.04 Å². The molecule has 2 atom stereocenters. The summed E-state index contributed by atoms with van der Waals surface area (Å²) >= 11 is 0. The third-order valence-corrected chi connectivity index (χ3v) is 2.09. The van der Waals surface area contributed by atoms with Gasteiger partial charge in [-0.3, -0.25) is 9.59 Å². The zero-order chi connectivity index (χ0) is 11.1. The molecule has 1 unspecified atom stereocenters. The van der Waals surface area contributed by atoms with E-state index in [9.17, 15) is 9.59 Å².